The van der Waals surface area contributed by atoms with Crippen molar-refractivity contribution in [1.82, 2.24) is 9.29 Å². The number of amides is 2. The van der Waals surface area contributed by atoms with Gasteiger partial charge in [-0.1, -0.05) is 11.6 Å². The molecule has 0 unspecified atom stereocenters. The zero-order valence-corrected chi connectivity index (χ0v) is 19.7. The van der Waals surface area contributed by atoms with Gasteiger partial charge in [-0.2, -0.15) is 0 Å². The smallest absolute Gasteiger partial charge is 0.333 e. The first kappa shape index (κ1) is 23.5. The molecule has 9 nitrogen and oxygen atoms in total. The van der Waals surface area contributed by atoms with E-state index in [0.717, 1.165) is 17.4 Å². The summed E-state index contributed by atoms with van der Waals surface area (Å²) in [6, 6.07) is 9.71. The van der Waals surface area contributed by atoms with Gasteiger partial charge in [-0.15, -0.1) is 11.3 Å². The minimum Gasteiger partial charge on any atom is -0.506 e. The number of sulfonamides is 1. The number of phenols is 1. The first-order valence-corrected chi connectivity index (χ1v) is 12.2. The Labute approximate surface area is 201 Å². The Morgan fingerprint density at radius 3 is 2.53 bits per heavy atom. The summed E-state index contributed by atoms with van der Waals surface area (Å²) >= 11 is 6.51. The Kier molecular flexibility index (Phi) is 6.21. The molecule has 4 aromatic rings. The molecule has 2 aromatic carbocycles. The largest absolute Gasteiger partial charge is 0.506 e. The molecule has 2 amide bonds. The van der Waals surface area contributed by atoms with E-state index in [1.54, 1.807) is 13.1 Å². The van der Waals surface area contributed by atoms with Gasteiger partial charge >= 0.3 is 6.03 Å². The molecule has 2 heterocycles. The highest BCUT2D eigenvalue weighted by Crippen LogP contribution is 2.28. The van der Waals surface area contributed by atoms with E-state index >= 15 is 0 Å². The number of phenolic OH excluding ortho intramolecular Hbond substituents is 1. The molecule has 34 heavy (non-hydrogen) atoms. The number of carbonyl (C=O) groups is 1. The van der Waals surface area contributed by atoms with Crippen LogP contribution < -0.4 is 20.9 Å². The minimum absolute atomic E-state index is 0.0980. The summed E-state index contributed by atoms with van der Waals surface area (Å²) in [6.45, 7) is 0. The molecular weight excluding hydrogens is 507 g/mol. The zero-order chi connectivity index (χ0) is 24.6. The molecule has 0 bridgehead atoms. The number of anilines is 2. The lowest BCUT2D eigenvalue weighted by Crippen LogP contribution is -2.34. The van der Waals surface area contributed by atoms with E-state index in [4.69, 9.17) is 11.6 Å². The fraction of sp³-hybridized carbons (Fsp3) is 0.0476. The number of aromatic hydroxyl groups is 1. The van der Waals surface area contributed by atoms with Gasteiger partial charge in [-0.05, 0) is 47.9 Å². The van der Waals surface area contributed by atoms with Gasteiger partial charge in [0.25, 0.3) is 15.6 Å². The van der Waals surface area contributed by atoms with E-state index in [1.165, 1.54) is 47.2 Å². The normalized spacial score (nSPS) is 11.4. The van der Waals surface area contributed by atoms with Crippen LogP contribution in [-0.2, 0) is 10.0 Å². The van der Waals surface area contributed by atoms with Gasteiger partial charge in [0, 0.05) is 19.3 Å². The van der Waals surface area contributed by atoms with E-state index in [-0.39, 0.29) is 31.0 Å². The topological polar surface area (TPSA) is 130 Å². The molecule has 0 aliphatic heterocycles. The molecule has 176 valence electrons. The Hall–Kier alpha value is -3.61. The quantitative estimate of drug-likeness (QED) is 0.292. The summed E-state index contributed by atoms with van der Waals surface area (Å²) in [6.07, 6.45) is 1.47. The van der Waals surface area contributed by atoms with Gasteiger partial charge in [0.2, 0.25) is 0 Å². The number of halogens is 2. The molecule has 13 heteroatoms. The van der Waals surface area contributed by atoms with Crippen LogP contribution in [0.4, 0.5) is 20.6 Å². The van der Waals surface area contributed by atoms with Gasteiger partial charge in [0.05, 0.1) is 26.8 Å². The molecule has 0 saturated heterocycles. The number of nitrogens with one attached hydrogen (secondary N) is 3. The van der Waals surface area contributed by atoms with Gasteiger partial charge in [0.1, 0.15) is 15.8 Å². The number of fused-ring (bicyclic) bond motifs is 1. The van der Waals surface area contributed by atoms with Crippen LogP contribution in [0.3, 0.4) is 0 Å². The first-order valence-electron chi connectivity index (χ1n) is 9.54. The summed E-state index contributed by atoms with van der Waals surface area (Å²) in [4.78, 5) is 25.1. The number of aromatic nitrogens is 1. The highest BCUT2D eigenvalue weighted by Gasteiger charge is 2.20. The lowest BCUT2D eigenvalue weighted by molar-refractivity contribution is 0.256. The molecule has 0 saturated carbocycles. The van der Waals surface area contributed by atoms with Crippen molar-refractivity contribution in [3.8, 4) is 11.4 Å². The molecule has 0 radical (unpaired) electrons. The summed E-state index contributed by atoms with van der Waals surface area (Å²) < 4.78 is 41.7. The maximum absolute atomic E-state index is 14.2. The molecule has 0 fully saturated rings. The van der Waals surface area contributed by atoms with Gasteiger partial charge in [-0.3, -0.25) is 9.36 Å². The molecule has 4 N–H and O–H groups in total. The van der Waals surface area contributed by atoms with E-state index < -0.39 is 33.2 Å². The van der Waals surface area contributed by atoms with E-state index in [9.17, 15) is 27.5 Å². The van der Waals surface area contributed by atoms with Gasteiger partial charge in [0.15, 0.2) is 0 Å². The maximum Gasteiger partial charge on any atom is 0.333 e. The van der Waals surface area contributed by atoms with Crippen LogP contribution in [0.5, 0.6) is 5.75 Å². The first-order chi connectivity index (χ1) is 16.1. The average Bonchev–Trinajstić information content (AvgIpc) is 3.22. The third-order valence-electron chi connectivity index (χ3n) is 4.81. The Morgan fingerprint density at radius 1 is 1.12 bits per heavy atom. The molecular formula is C21H16ClFN4O5S2. The van der Waals surface area contributed by atoms with Crippen molar-refractivity contribution < 1.29 is 22.7 Å². The SMILES string of the molecule is CNc1cc2ccn(-c3ccc(NC(=O)NS(=O)(=O)c4ccc(Cl)s4)c(O)c3)c(=O)c2cc1F. The number of carbonyl (C=O) groups excluding carboxylic acids is 1. The van der Waals surface area contributed by atoms with Crippen molar-refractivity contribution in [3.63, 3.8) is 0 Å². The van der Waals surface area contributed by atoms with Crippen LogP contribution in [-0.4, -0.2) is 31.2 Å². The van der Waals surface area contributed by atoms with Gasteiger partial charge < -0.3 is 15.7 Å². The summed E-state index contributed by atoms with van der Waals surface area (Å²) in [5, 5.41) is 16.0. The lowest BCUT2D eigenvalue weighted by atomic mass is 10.1. The molecule has 2 aromatic heterocycles. The Balaban J connectivity index is 1.59. The van der Waals surface area contributed by atoms with Crippen molar-refractivity contribution in [1.29, 1.82) is 0 Å². The van der Waals surface area contributed by atoms with E-state index in [1.807, 2.05) is 4.72 Å². The maximum atomic E-state index is 14.2. The lowest BCUT2D eigenvalue weighted by Gasteiger charge is -2.12. The number of nitrogens with zero attached hydrogens (tertiary/aromatic N) is 1. The molecule has 4 rings (SSSR count). The minimum atomic E-state index is -4.15. The van der Waals surface area contributed by atoms with Crippen LogP contribution in [0.1, 0.15) is 0 Å². The zero-order valence-electron chi connectivity index (χ0n) is 17.3. The third kappa shape index (κ3) is 4.55. The number of pyridine rings is 1. The highest BCUT2D eigenvalue weighted by molar-refractivity contribution is 7.92. The number of benzene rings is 2. The summed E-state index contributed by atoms with van der Waals surface area (Å²) in [7, 11) is -2.58. The predicted molar refractivity (Wildman–Crippen MR) is 129 cm³/mol. The Bertz CT molecular complexity index is 1600. The number of hydrogen-bond donors (Lipinski definition) is 4. The number of urea groups is 1. The van der Waals surface area contributed by atoms with Crippen molar-refractivity contribution in [2.75, 3.05) is 17.7 Å². The Morgan fingerprint density at radius 2 is 1.88 bits per heavy atom. The van der Waals surface area contributed by atoms with Crippen molar-refractivity contribution in [3.05, 3.63) is 75.2 Å². The van der Waals surface area contributed by atoms with Crippen LogP contribution >= 0.6 is 22.9 Å². The van der Waals surface area contributed by atoms with Crippen LogP contribution in [0.25, 0.3) is 16.5 Å². The van der Waals surface area contributed by atoms with Crippen LogP contribution in [0.15, 0.2) is 63.7 Å². The highest BCUT2D eigenvalue weighted by atomic mass is 35.5. The molecule has 0 spiro atoms. The molecule has 0 atom stereocenters. The van der Waals surface area contributed by atoms with Crippen LogP contribution in [0.2, 0.25) is 4.34 Å². The van der Waals surface area contributed by atoms with Crippen molar-refractivity contribution in [2.45, 2.75) is 4.21 Å². The van der Waals surface area contributed by atoms with Crippen molar-refractivity contribution in [2.24, 2.45) is 0 Å². The second kappa shape index (κ2) is 8.97. The van der Waals surface area contributed by atoms with E-state index in [2.05, 4.69) is 10.6 Å². The number of hydrogen-bond acceptors (Lipinski definition) is 7. The average molecular weight is 523 g/mol. The second-order valence-corrected chi connectivity index (χ2v) is 10.6. The predicted octanol–water partition coefficient (Wildman–Crippen LogP) is 4.10. The molecule has 0 aliphatic rings. The van der Waals surface area contributed by atoms with Crippen LogP contribution in [0, 0.1) is 5.82 Å². The third-order valence-corrected chi connectivity index (χ3v) is 7.86. The standard InChI is InChI=1S/C21H16ClFN4O5S2/c1-24-16-8-11-6-7-27(20(29)13(11)10-14(16)23)12-2-3-15(17(28)9-12)25-21(30)26-34(31,32)19-5-4-18(22)33-19/h2-10,24,28H,1H3,(H2,25,26,30). The monoisotopic (exact) mass is 522 g/mol. The fourth-order valence-corrected chi connectivity index (χ4v) is 5.59. The number of rotatable bonds is 5. The van der Waals surface area contributed by atoms with E-state index in [0.29, 0.717) is 5.39 Å². The molecule has 0 aliphatic carbocycles. The van der Waals surface area contributed by atoms with Gasteiger partial charge in [-0.25, -0.2) is 22.3 Å². The number of thiophene rings is 1. The summed E-state index contributed by atoms with van der Waals surface area (Å²) in [5.41, 5.74) is -0.119. The second-order valence-electron chi connectivity index (χ2n) is 6.98. The van der Waals surface area contributed by atoms with Crippen molar-refractivity contribution >= 4 is 61.1 Å². The summed E-state index contributed by atoms with van der Waals surface area (Å²) in [5.74, 6) is -1.01. The fourth-order valence-electron chi connectivity index (χ4n) is 3.20.